The summed E-state index contributed by atoms with van der Waals surface area (Å²) in [4.78, 5) is 11.2. The molecule has 0 unspecified atom stereocenters. The quantitative estimate of drug-likeness (QED) is 0.673. The van der Waals surface area contributed by atoms with Gasteiger partial charge in [-0.1, -0.05) is 23.9 Å². The van der Waals surface area contributed by atoms with Gasteiger partial charge in [0.25, 0.3) is 0 Å². The van der Waals surface area contributed by atoms with Gasteiger partial charge in [-0.3, -0.25) is 4.79 Å². The number of aromatic nitrogens is 3. The molecule has 0 radical (unpaired) electrons. The maximum atomic E-state index is 11.2. The van der Waals surface area contributed by atoms with Crippen LogP contribution in [0.2, 0.25) is 0 Å². The highest BCUT2D eigenvalue weighted by atomic mass is 32.2. The molecule has 2 heterocycles. The number of hydrogen-bond donors (Lipinski definition) is 1. The van der Waals surface area contributed by atoms with Gasteiger partial charge in [0, 0.05) is 18.2 Å². The lowest BCUT2D eigenvalue weighted by molar-refractivity contribution is -0.114. The Balaban J connectivity index is 1.72. The minimum Gasteiger partial charge on any atom is -0.493 e. The van der Waals surface area contributed by atoms with E-state index in [0.29, 0.717) is 17.3 Å². The topological polar surface area (TPSA) is 90.6 Å². The van der Waals surface area contributed by atoms with Crippen molar-refractivity contribution in [2.45, 2.75) is 24.3 Å². The first kappa shape index (κ1) is 20.0. The molecule has 1 atom stereocenters. The number of hydrogen-bond acceptors (Lipinski definition) is 7. The van der Waals surface area contributed by atoms with Crippen molar-refractivity contribution in [3.05, 3.63) is 48.0 Å². The van der Waals surface area contributed by atoms with Crippen molar-refractivity contribution in [3.8, 4) is 22.9 Å². The van der Waals surface area contributed by atoms with E-state index in [2.05, 4.69) is 22.4 Å². The fourth-order valence-corrected chi connectivity index (χ4v) is 4.13. The Hall–Kier alpha value is -3.33. The zero-order chi connectivity index (χ0) is 21.3. The lowest BCUT2D eigenvalue weighted by atomic mass is 10.1. The molecule has 0 saturated heterocycles. The Kier molecular flexibility index (Phi) is 5.45. The third kappa shape index (κ3) is 3.76. The van der Waals surface area contributed by atoms with Crippen molar-refractivity contribution in [3.63, 3.8) is 0 Å². The summed E-state index contributed by atoms with van der Waals surface area (Å²) in [6.07, 6.45) is 0. The highest BCUT2D eigenvalue weighted by molar-refractivity contribution is 8.00. The molecule has 9 heteroatoms. The number of methoxy groups -OCH3 is 2. The number of carbonyl (C=O) groups is 1. The second-order valence-corrected chi connectivity index (χ2v) is 8.00. The number of benzene rings is 2. The average molecular weight is 423 g/mol. The number of rotatable bonds is 5. The van der Waals surface area contributed by atoms with Crippen molar-refractivity contribution in [1.82, 2.24) is 14.9 Å². The Labute approximate surface area is 178 Å². The van der Waals surface area contributed by atoms with Crippen molar-refractivity contribution in [1.29, 1.82) is 0 Å². The average Bonchev–Trinajstić information content (AvgIpc) is 3.15. The summed E-state index contributed by atoms with van der Waals surface area (Å²) in [5.41, 5.74) is 3.45. The number of ether oxygens (including phenoxy) is 2. The summed E-state index contributed by atoms with van der Waals surface area (Å²) < 4.78 is 12.5. The fourth-order valence-electron chi connectivity index (χ4n) is 3.21. The fraction of sp³-hybridized carbons (Fsp3) is 0.238. The highest BCUT2D eigenvalue weighted by Crippen LogP contribution is 2.36. The molecule has 0 spiro atoms. The molecule has 1 aliphatic rings. The maximum absolute atomic E-state index is 11.2. The summed E-state index contributed by atoms with van der Waals surface area (Å²) >= 11 is 1.60. The minimum atomic E-state index is -0.102. The zero-order valence-electron chi connectivity index (χ0n) is 17.0. The van der Waals surface area contributed by atoms with Gasteiger partial charge in [0.2, 0.25) is 11.1 Å². The van der Waals surface area contributed by atoms with E-state index in [-0.39, 0.29) is 11.2 Å². The monoisotopic (exact) mass is 423 g/mol. The van der Waals surface area contributed by atoms with Gasteiger partial charge in [0.05, 0.1) is 25.2 Å². The molecule has 0 saturated carbocycles. The molecule has 8 nitrogen and oxygen atoms in total. The van der Waals surface area contributed by atoms with E-state index >= 15 is 0 Å². The van der Waals surface area contributed by atoms with Crippen molar-refractivity contribution in [2.24, 2.45) is 5.10 Å². The molecule has 2 aromatic carbocycles. The van der Waals surface area contributed by atoms with Gasteiger partial charge in [-0.15, -0.1) is 10.2 Å². The molecule has 0 bridgehead atoms. The molecular weight excluding hydrogens is 402 g/mol. The summed E-state index contributed by atoms with van der Waals surface area (Å²) in [5, 5.41) is 17.1. The van der Waals surface area contributed by atoms with Crippen LogP contribution in [-0.2, 0) is 4.79 Å². The van der Waals surface area contributed by atoms with Crippen LogP contribution < -0.4 is 14.8 Å². The lowest BCUT2D eigenvalue weighted by Gasteiger charge is -2.20. The molecule has 0 aliphatic carbocycles. The first-order valence-corrected chi connectivity index (χ1v) is 10.2. The molecule has 1 N–H and O–H groups in total. The SMILES string of the molecule is COc1ccc(-c2nnc3n2N=C(c2ccc(NC(C)=O)cc2)[C@H](C)S3)cc1OC. The molecule has 154 valence electrons. The van der Waals surface area contributed by atoms with Crippen LogP contribution in [0.15, 0.2) is 52.7 Å². The van der Waals surface area contributed by atoms with E-state index in [0.717, 1.165) is 27.7 Å². The first-order chi connectivity index (χ1) is 14.5. The van der Waals surface area contributed by atoms with Crippen LogP contribution in [0, 0.1) is 0 Å². The molecule has 4 rings (SSSR count). The predicted molar refractivity (Wildman–Crippen MR) is 117 cm³/mol. The Morgan fingerprint density at radius 3 is 2.40 bits per heavy atom. The van der Waals surface area contributed by atoms with Crippen LogP contribution in [0.3, 0.4) is 0 Å². The second-order valence-electron chi connectivity index (χ2n) is 6.69. The van der Waals surface area contributed by atoms with Gasteiger partial charge in [0.1, 0.15) is 0 Å². The van der Waals surface area contributed by atoms with Crippen LogP contribution >= 0.6 is 11.8 Å². The third-order valence-corrected chi connectivity index (χ3v) is 5.67. The normalized spacial score (nSPS) is 15.2. The van der Waals surface area contributed by atoms with Crippen molar-refractivity contribution in [2.75, 3.05) is 19.5 Å². The van der Waals surface area contributed by atoms with Crippen molar-refractivity contribution >= 4 is 29.1 Å². The number of carbonyl (C=O) groups excluding carboxylic acids is 1. The van der Waals surface area contributed by atoms with Crippen LogP contribution in [0.5, 0.6) is 11.5 Å². The predicted octanol–water partition coefficient (Wildman–Crippen LogP) is 3.67. The number of fused-ring (bicyclic) bond motifs is 1. The Morgan fingerprint density at radius 2 is 1.73 bits per heavy atom. The molecule has 1 amide bonds. The van der Waals surface area contributed by atoms with Crippen LogP contribution in [0.25, 0.3) is 11.4 Å². The number of thioether (sulfide) groups is 1. The highest BCUT2D eigenvalue weighted by Gasteiger charge is 2.26. The maximum Gasteiger partial charge on any atom is 0.221 e. The van der Waals surface area contributed by atoms with E-state index in [9.17, 15) is 4.79 Å². The third-order valence-electron chi connectivity index (χ3n) is 4.63. The van der Waals surface area contributed by atoms with Gasteiger partial charge in [-0.2, -0.15) is 9.78 Å². The van der Waals surface area contributed by atoms with Gasteiger partial charge in [0.15, 0.2) is 17.3 Å². The van der Waals surface area contributed by atoms with Crippen LogP contribution in [0.4, 0.5) is 5.69 Å². The zero-order valence-corrected chi connectivity index (χ0v) is 17.9. The molecule has 1 aliphatic heterocycles. The number of nitrogens with zero attached hydrogens (tertiary/aromatic N) is 4. The second kappa shape index (κ2) is 8.19. The van der Waals surface area contributed by atoms with Crippen LogP contribution in [-0.4, -0.2) is 46.0 Å². The van der Waals surface area contributed by atoms with E-state index in [1.54, 1.807) is 30.7 Å². The molecule has 0 fully saturated rings. The Morgan fingerprint density at radius 1 is 1.03 bits per heavy atom. The van der Waals surface area contributed by atoms with Gasteiger partial charge >= 0.3 is 0 Å². The van der Waals surface area contributed by atoms with Crippen LogP contribution in [0.1, 0.15) is 19.4 Å². The summed E-state index contributed by atoms with van der Waals surface area (Å²) in [5.74, 6) is 1.78. The molecule has 3 aromatic rings. The summed E-state index contributed by atoms with van der Waals surface area (Å²) in [6.45, 7) is 3.57. The number of anilines is 1. The minimum absolute atomic E-state index is 0.102. The van der Waals surface area contributed by atoms with Gasteiger partial charge in [-0.05, 0) is 42.8 Å². The molecule has 30 heavy (non-hydrogen) atoms. The number of amides is 1. The van der Waals surface area contributed by atoms with Crippen molar-refractivity contribution < 1.29 is 14.3 Å². The lowest BCUT2D eigenvalue weighted by Crippen LogP contribution is -2.21. The molecule has 1 aromatic heterocycles. The smallest absolute Gasteiger partial charge is 0.221 e. The Bertz CT molecular complexity index is 1120. The first-order valence-electron chi connectivity index (χ1n) is 9.31. The van der Waals surface area contributed by atoms with Gasteiger partial charge < -0.3 is 14.8 Å². The van der Waals surface area contributed by atoms with E-state index < -0.39 is 0 Å². The van der Waals surface area contributed by atoms with E-state index in [1.165, 1.54) is 6.92 Å². The standard InChI is InChI=1S/C21H21N5O3S/c1-12-19(14-5-8-16(9-6-14)22-13(2)27)25-26-20(23-24-21(26)30-12)15-7-10-17(28-3)18(11-15)29-4/h5-12H,1-4H3,(H,22,27)/t12-/m0/s1. The van der Waals surface area contributed by atoms with E-state index in [1.807, 2.05) is 42.5 Å². The largest absolute Gasteiger partial charge is 0.493 e. The van der Waals surface area contributed by atoms with Gasteiger partial charge in [-0.25, -0.2) is 0 Å². The molecular formula is C21H21N5O3S. The summed E-state index contributed by atoms with van der Waals surface area (Å²) in [6, 6.07) is 13.2. The number of nitrogens with one attached hydrogen (secondary N) is 1. The summed E-state index contributed by atoms with van der Waals surface area (Å²) in [7, 11) is 3.20. The van der Waals surface area contributed by atoms with E-state index in [4.69, 9.17) is 14.6 Å².